The van der Waals surface area contributed by atoms with E-state index in [4.69, 9.17) is 26.0 Å². The minimum atomic E-state index is -0.607. The van der Waals surface area contributed by atoms with Gasteiger partial charge < -0.3 is 9.15 Å². The van der Waals surface area contributed by atoms with E-state index in [1.807, 2.05) is 6.07 Å². The van der Waals surface area contributed by atoms with Crippen molar-refractivity contribution < 1.29 is 18.7 Å². The number of hydrogen-bond acceptors (Lipinski definition) is 5. The highest BCUT2D eigenvalue weighted by atomic mass is 35.5. The Morgan fingerprint density at radius 3 is 2.62 bits per heavy atom. The summed E-state index contributed by atoms with van der Waals surface area (Å²) in [6, 6.07) is 14.8. The minimum Gasteiger partial charge on any atom is -0.484 e. The van der Waals surface area contributed by atoms with Crippen LogP contribution in [0.5, 0.6) is 5.75 Å². The number of nitriles is 1. The van der Waals surface area contributed by atoms with Crippen LogP contribution in [-0.2, 0) is 4.79 Å². The first-order valence-corrected chi connectivity index (χ1v) is 7.84. The molecule has 0 unspecified atom stereocenters. The van der Waals surface area contributed by atoms with Crippen LogP contribution < -0.4 is 15.6 Å². The molecular formula is C18H12ClN3O4. The second-order valence-electron chi connectivity index (χ2n) is 5.22. The molecule has 1 heterocycles. The second-order valence-corrected chi connectivity index (χ2v) is 5.66. The Morgan fingerprint density at radius 2 is 1.88 bits per heavy atom. The standard InChI is InChI=1S/C18H12ClN3O4/c19-13-3-6-15-12(7-13)8-16(26-15)18(24)22-21-17(23)10-25-14-4-1-11(9-20)2-5-14/h1-8H,10H2,(H,21,23)(H,22,24). The molecule has 0 bridgehead atoms. The van der Waals surface area contributed by atoms with Gasteiger partial charge in [0.25, 0.3) is 5.91 Å². The van der Waals surface area contributed by atoms with Gasteiger partial charge in [0.15, 0.2) is 12.4 Å². The number of furan rings is 1. The fourth-order valence-electron chi connectivity index (χ4n) is 2.12. The van der Waals surface area contributed by atoms with Gasteiger partial charge in [0.05, 0.1) is 11.6 Å². The summed E-state index contributed by atoms with van der Waals surface area (Å²) < 4.78 is 10.6. The monoisotopic (exact) mass is 369 g/mol. The normalized spacial score (nSPS) is 10.2. The minimum absolute atomic E-state index is 0.0376. The molecule has 130 valence electrons. The Morgan fingerprint density at radius 1 is 1.12 bits per heavy atom. The molecule has 0 aliphatic rings. The summed E-state index contributed by atoms with van der Waals surface area (Å²) >= 11 is 5.88. The number of halogens is 1. The molecule has 0 spiro atoms. The predicted octanol–water partition coefficient (Wildman–Crippen LogP) is 2.80. The lowest BCUT2D eigenvalue weighted by molar-refractivity contribution is -0.123. The Bertz CT molecular complexity index is 1010. The van der Waals surface area contributed by atoms with Crippen molar-refractivity contribution in [1.29, 1.82) is 5.26 Å². The van der Waals surface area contributed by atoms with Gasteiger partial charge in [-0.25, -0.2) is 0 Å². The van der Waals surface area contributed by atoms with Crippen LogP contribution in [0.3, 0.4) is 0 Å². The average molecular weight is 370 g/mol. The van der Waals surface area contributed by atoms with E-state index in [1.54, 1.807) is 42.5 Å². The van der Waals surface area contributed by atoms with Crippen molar-refractivity contribution in [3.63, 3.8) is 0 Å². The summed E-state index contributed by atoms with van der Waals surface area (Å²) in [4.78, 5) is 23.8. The molecule has 0 fully saturated rings. The van der Waals surface area contributed by atoms with Crippen molar-refractivity contribution in [3.05, 3.63) is 64.9 Å². The number of carbonyl (C=O) groups is 2. The van der Waals surface area contributed by atoms with Crippen LogP contribution in [0.1, 0.15) is 16.1 Å². The lowest BCUT2D eigenvalue weighted by atomic mass is 10.2. The van der Waals surface area contributed by atoms with Crippen LogP contribution in [0.15, 0.2) is 52.9 Å². The Hall–Kier alpha value is -3.50. The molecule has 0 saturated heterocycles. The molecule has 2 amide bonds. The van der Waals surface area contributed by atoms with E-state index in [2.05, 4.69) is 10.9 Å². The van der Waals surface area contributed by atoms with E-state index in [0.29, 0.717) is 27.3 Å². The number of benzene rings is 2. The first-order chi connectivity index (χ1) is 12.5. The summed E-state index contributed by atoms with van der Waals surface area (Å²) in [7, 11) is 0. The number of carbonyl (C=O) groups excluding carboxylic acids is 2. The smallest absolute Gasteiger partial charge is 0.305 e. The SMILES string of the molecule is N#Cc1ccc(OCC(=O)NNC(=O)c2cc3cc(Cl)ccc3o2)cc1. The van der Waals surface area contributed by atoms with Gasteiger partial charge in [-0.3, -0.25) is 20.4 Å². The summed E-state index contributed by atoms with van der Waals surface area (Å²) in [5.74, 6) is -0.693. The maximum absolute atomic E-state index is 12.0. The van der Waals surface area contributed by atoms with Gasteiger partial charge in [0.1, 0.15) is 11.3 Å². The van der Waals surface area contributed by atoms with Crippen molar-refractivity contribution in [2.24, 2.45) is 0 Å². The van der Waals surface area contributed by atoms with Gasteiger partial charge in [0.2, 0.25) is 0 Å². The molecule has 3 rings (SSSR count). The van der Waals surface area contributed by atoms with Gasteiger partial charge in [0, 0.05) is 10.4 Å². The average Bonchev–Trinajstić information content (AvgIpc) is 3.08. The zero-order valence-electron chi connectivity index (χ0n) is 13.3. The summed E-state index contributed by atoms with van der Waals surface area (Å²) in [6.07, 6.45) is 0. The number of nitrogens with zero attached hydrogens (tertiary/aromatic N) is 1. The third-order valence-corrected chi connectivity index (χ3v) is 3.61. The Kier molecular flexibility index (Phi) is 5.06. The molecule has 2 N–H and O–H groups in total. The molecule has 2 aromatic carbocycles. The molecule has 0 radical (unpaired) electrons. The molecule has 26 heavy (non-hydrogen) atoms. The number of ether oxygens (including phenoxy) is 1. The zero-order valence-corrected chi connectivity index (χ0v) is 14.0. The predicted molar refractivity (Wildman–Crippen MR) is 93.5 cm³/mol. The first kappa shape index (κ1) is 17.3. The maximum atomic E-state index is 12.0. The van der Waals surface area contributed by atoms with Crippen LogP contribution in [0.4, 0.5) is 0 Å². The van der Waals surface area contributed by atoms with Crippen molar-refractivity contribution in [3.8, 4) is 11.8 Å². The highest BCUT2D eigenvalue weighted by Gasteiger charge is 2.13. The fraction of sp³-hybridized carbons (Fsp3) is 0.0556. The number of hydrogen-bond donors (Lipinski definition) is 2. The van der Waals surface area contributed by atoms with E-state index >= 15 is 0 Å². The second kappa shape index (κ2) is 7.59. The number of fused-ring (bicyclic) bond motifs is 1. The number of hydrazine groups is 1. The zero-order chi connectivity index (χ0) is 18.5. The lowest BCUT2D eigenvalue weighted by Gasteiger charge is -2.07. The number of rotatable bonds is 4. The van der Waals surface area contributed by atoms with Crippen LogP contribution in [-0.4, -0.2) is 18.4 Å². The third-order valence-electron chi connectivity index (χ3n) is 3.37. The summed E-state index contributed by atoms with van der Waals surface area (Å²) in [5.41, 5.74) is 5.46. The number of amides is 2. The highest BCUT2D eigenvalue weighted by molar-refractivity contribution is 6.31. The highest BCUT2D eigenvalue weighted by Crippen LogP contribution is 2.22. The quantitative estimate of drug-likeness (QED) is 0.688. The van der Waals surface area contributed by atoms with Gasteiger partial charge in [-0.05, 0) is 48.5 Å². The molecule has 0 aliphatic carbocycles. The first-order valence-electron chi connectivity index (χ1n) is 7.46. The molecular weight excluding hydrogens is 358 g/mol. The van der Waals surface area contributed by atoms with Crippen molar-refractivity contribution >= 4 is 34.4 Å². The topological polar surface area (TPSA) is 104 Å². The molecule has 7 nitrogen and oxygen atoms in total. The molecule has 8 heteroatoms. The third kappa shape index (κ3) is 4.12. The van der Waals surface area contributed by atoms with Gasteiger partial charge >= 0.3 is 5.91 Å². The van der Waals surface area contributed by atoms with Crippen LogP contribution >= 0.6 is 11.6 Å². The van der Waals surface area contributed by atoms with E-state index < -0.39 is 11.8 Å². The molecule has 0 atom stereocenters. The Labute approximate surface area is 153 Å². The van der Waals surface area contributed by atoms with Crippen LogP contribution in [0.25, 0.3) is 11.0 Å². The van der Waals surface area contributed by atoms with Gasteiger partial charge in [-0.15, -0.1) is 0 Å². The van der Waals surface area contributed by atoms with E-state index in [1.165, 1.54) is 6.07 Å². The van der Waals surface area contributed by atoms with Crippen molar-refractivity contribution in [2.75, 3.05) is 6.61 Å². The Balaban J connectivity index is 1.51. The van der Waals surface area contributed by atoms with Gasteiger partial charge in [-0.2, -0.15) is 5.26 Å². The van der Waals surface area contributed by atoms with Crippen LogP contribution in [0, 0.1) is 11.3 Å². The largest absolute Gasteiger partial charge is 0.484 e. The maximum Gasteiger partial charge on any atom is 0.305 e. The van der Waals surface area contributed by atoms with E-state index in [9.17, 15) is 9.59 Å². The molecule has 1 aromatic heterocycles. The van der Waals surface area contributed by atoms with Crippen LogP contribution in [0.2, 0.25) is 5.02 Å². The fourth-order valence-corrected chi connectivity index (χ4v) is 2.31. The van der Waals surface area contributed by atoms with E-state index in [0.717, 1.165) is 0 Å². The number of nitrogens with one attached hydrogen (secondary N) is 2. The molecule has 0 aliphatic heterocycles. The van der Waals surface area contributed by atoms with Crippen molar-refractivity contribution in [2.45, 2.75) is 0 Å². The molecule has 3 aromatic rings. The van der Waals surface area contributed by atoms with Crippen molar-refractivity contribution in [1.82, 2.24) is 10.9 Å². The summed E-state index contributed by atoms with van der Waals surface area (Å²) in [5, 5.41) is 9.92. The lowest BCUT2D eigenvalue weighted by Crippen LogP contribution is -2.43. The summed E-state index contributed by atoms with van der Waals surface area (Å²) in [6.45, 7) is -0.304. The molecule has 0 saturated carbocycles. The van der Waals surface area contributed by atoms with E-state index in [-0.39, 0.29) is 12.4 Å². The van der Waals surface area contributed by atoms with Gasteiger partial charge in [-0.1, -0.05) is 11.6 Å².